The SMILES string of the molecule is O=C1NCC2(CCNCC2)c2[nH]c(-c3ccncc3F)c(I)c21. The van der Waals surface area contributed by atoms with Crippen LogP contribution in [0.5, 0.6) is 0 Å². The van der Waals surface area contributed by atoms with E-state index in [0.717, 1.165) is 35.2 Å². The number of fused-ring (bicyclic) bond motifs is 2. The molecule has 0 aliphatic carbocycles. The molecule has 0 aromatic carbocycles. The van der Waals surface area contributed by atoms with Crippen LogP contribution in [0.1, 0.15) is 28.9 Å². The molecule has 4 heterocycles. The zero-order chi connectivity index (χ0) is 16.0. The highest BCUT2D eigenvalue weighted by Gasteiger charge is 2.43. The lowest BCUT2D eigenvalue weighted by molar-refractivity contribution is 0.0912. The van der Waals surface area contributed by atoms with Crippen molar-refractivity contribution in [3.8, 4) is 11.3 Å². The van der Waals surface area contributed by atoms with Crippen molar-refractivity contribution >= 4 is 28.5 Å². The third-order valence-corrected chi connectivity index (χ3v) is 5.96. The van der Waals surface area contributed by atoms with Gasteiger partial charge in [0.15, 0.2) is 5.82 Å². The molecule has 1 spiro atoms. The highest BCUT2D eigenvalue weighted by molar-refractivity contribution is 14.1. The quantitative estimate of drug-likeness (QED) is 0.613. The molecule has 5 nitrogen and oxygen atoms in total. The Bertz CT molecular complexity index is 782. The molecular formula is C16H16FIN4O. The van der Waals surface area contributed by atoms with Crippen LogP contribution in [0.15, 0.2) is 18.5 Å². The summed E-state index contributed by atoms with van der Waals surface area (Å²) >= 11 is 2.14. The Morgan fingerprint density at radius 1 is 1.30 bits per heavy atom. The van der Waals surface area contributed by atoms with Gasteiger partial charge in [-0.05, 0) is 54.6 Å². The maximum Gasteiger partial charge on any atom is 0.254 e. The lowest BCUT2D eigenvalue weighted by Crippen LogP contribution is -2.52. The molecule has 0 saturated carbocycles. The molecule has 7 heteroatoms. The first-order valence-electron chi connectivity index (χ1n) is 7.63. The number of H-pyrrole nitrogens is 1. The van der Waals surface area contributed by atoms with E-state index in [9.17, 15) is 9.18 Å². The maximum absolute atomic E-state index is 14.2. The molecule has 2 aliphatic rings. The Morgan fingerprint density at radius 2 is 2.09 bits per heavy atom. The van der Waals surface area contributed by atoms with Gasteiger partial charge in [-0.15, -0.1) is 0 Å². The summed E-state index contributed by atoms with van der Waals surface area (Å²) in [5, 5.41) is 6.39. The smallest absolute Gasteiger partial charge is 0.254 e. The van der Waals surface area contributed by atoms with Gasteiger partial charge < -0.3 is 15.6 Å². The first-order valence-corrected chi connectivity index (χ1v) is 8.71. The number of piperidine rings is 1. The van der Waals surface area contributed by atoms with Crippen LogP contribution in [-0.4, -0.2) is 35.5 Å². The topological polar surface area (TPSA) is 69.8 Å². The molecule has 0 radical (unpaired) electrons. The minimum Gasteiger partial charge on any atom is -0.356 e. The van der Waals surface area contributed by atoms with E-state index in [2.05, 4.69) is 43.2 Å². The molecule has 4 rings (SSSR count). The second-order valence-corrected chi connectivity index (χ2v) is 7.21. The van der Waals surface area contributed by atoms with Crippen molar-refractivity contribution in [2.24, 2.45) is 0 Å². The second-order valence-electron chi connectivity index (χ2n) is 6.13. The van der Waals surface area contributed by atoms with Crippen LogP contribution >= 0.6 is 22.6 Å². The van der Waals surface area contributed by atoms with Gasteiger partial charge in [-0.1, -0.05) is 0 Å². The van der Waals surface area contributed by atoms with E-state index in [4.69, 9.17) is 0 Å². The summed E-state index contributed by atoms with van der Waals surface area (Å²) in [6.45, 7) is 2.48. The Kier molecular flexibility index (Phi) is 3.64. The average molecular weight is 426 g/mol. The molecule has 0 atom stereocenters. The number of halogens is 2. The lowest BCUT2D eigenvalue weighted by atomic mass is 9.73. The van der Waals surface area contributed by atoms with Gasteiger partial charge in [0.25, 0.3) is 5.91 Å². The Hall–Kier alpha value is -1.48. The average Bonchev–Trinajstić information content (AvgIpc) is 2.92. The van der Waals surface area contributed by atoms with Gasteiger partial charge in [-0.2, -0.15) is 0 Å². The summed E-state index contributed by atoms with van der Waals surface area (Å²) in [5.74, 6) is -0.464. The van der Waals surface area contributed by atoms with Crippen molar-refractivity contribution in [1.29, 1.82) is 0 Å². The summed E-state index contributed by atoms with van der Waals surface area (Å²) in [6, 6.07) is 1.64. The van der Waals surface area contributed by atoms with Gasteiger partial charge in [0.1, 0.15) is 0 Å². The number of rotatable bonds is 1. The zero-order valence-corrected chi connectivity index (χ0v) is 14.5. The third kappa shape index (κ3) is 2.28. The molecule has 2 aliphatic heterocycles. The van der Waals surface area contributed by atoms with Gasteiger partial charge in [-0.3, -0.25) is 9.78 Å². The van der Waals surface area contributed by atoms with Crippen LogP contribution in [0, 0.1) is 9.39 Å². The Morgan fingerprint density at radius 3 is 2.83 bits per heavy atom. The number of aromatic amines is 1. The summed E-state index contributed by atoms with van der Waals surface area (Å²) in [6.07, 6.45) is 4.67. The van der Waals surface area contributed by atoms with Crippen LogP contribution in [0.2, 0.25) is 0 Å². The van der Waals surface area contributed by atoms with Crippen LogP contribution < -0.4 is 10.6 Å². The first kappa shape index (κ1) is 15.1. The number of hydrogen-bond acceptors (Lipinski definition) is 3. The monoisotopic (exact) mass is 426 g/mol. The summed E-state index contributed by atoms with van der Waals surface area (Å²) in [7, 11) is 0. The van der Waals surface area contributed by atoms with E-state index in [1.165, 1.54) is 6.20 Å². The minimum absolute atomic E-state index is 0.0782. The molecule has 0 unspecified atom stereocenters. The number of amides is 1. The second kappa shape index (κ2) is 5.55. The first-order chi connectivity index (χ1) is 11.1. The largest absolute Gasteiger partial charge is 0.356 e. The van der Waals surface area contributed by atoms with E-state index >= 15 is 0 Å². The maximum atomic E-state index is 14.2. The highest BCUT2D eigenvalue weighted by atomic mass is 127. The summed E-state index contributed by atoms with van der Waals surface area (Å²) < 4.78 is 14.9. The van der Waals surface area contributed by atoms with Crippen molar-refractivity contribution in [3.63, 3.8) is 0 Å². The number of carbonyl (C=O) groups excluding carboxylic acids is 1. The standard InChI is InChI=1S/C16H16FIN4O/c17-10-7-20-4-1-9(10)13-12(18)11-14(22-13)16(8-21-15(11)23)2-5-19-6-3-16/h1,4,7,19,22H,2-3,5-6,8H2,(H,21,23). The third-order valence-electron chi connectivity index (χ3n) is 4.89. The molecule has 23 heavy (non-hydrogen) atoms. The lowest BCUT2D eigenvalue weighted by Gasteiger charge is -2.40. The van der Waals surface area contributed by atoms with Crippen LogP contribution in [0.25, 0.3) is 11.3 Å². The van der Waals surface area contributed by atoms with Crippen molar-refractivity contribution in [1.82, 2.24) is 20.6 Å². The predicted molar refractivity (Wildman–Crippen MR) is 92.8 cm³/mol. The van der Waals surface area contributed by atoms with E-state index < -0.39 is 0 Å². The number of hydrogen-bond donors (Lipinski definition) is 3. The van der Waals surface area contributed by atoms with E-state index in [1.54, 1.807) is 12.3 Å². The number of aromatic nitrogens is 2. The van der Waals surface area contributed by atoms with Crippen molar-refractivity contribution in [2.45, 2.75) is 18.3 Å². The van der Waals surface area contributed by atoms with Gasteiger partial charge in [-0.25, -0.2) is 4.39 Å². The molecular weight excluding hydrogens is 410 g/mol. The van der Waals surface area contributed by atoms with Gasteiger partial charge >= 0.3 is 0 Å². The van der Waals surface area contributed by atoms with Crippen LogP contribution in [0.4, 0.5) is 4.39 Å². The number of pyridine rings is 1. The Labute approximate surface area is 146 Å². The number of nitrogens with zero attached hydrogens (tertiary/aromatic N) is 1. The molecule has 120 valence electrons. The molecule has 1 fully saturated rings. The zero-order valence-electron chi connectivity index (χ0n) is 12.4. The van der Waals surface area contributed by atoms with Crippen molar-refractivity contribution < 1.29 is 9.18 Å². The molecule has 1 amide bonds. The van der Waals surface area contributed by atoms with Crippen molar-refractivity contribution in [3.05, 3.63) is 39.1 Å². The van der Waals surface area contributed by atoms with Crippen LogP contribution in [-0.2, 0) is 5.41 Å². The summed E-state index contributed by atoms with van der Waals surface area (Å²) in [4.78, 5) is 19.6. The number of carbonyl (C=O) groups is 1. The molecule has 2 aromatic rings. The molecule has 1 saturated heterocycles. The predicted octanol–water partition coefficient (Wildman–Crippen LogP) is 2.18. The van der Waals surface area contributed by atoms with Crippen LogP contribution in [0.3, 0.4) is 0 Å². The van der Waals surface area contributed by atoms with Gasteiger partial charge in [0.05, 0.1) is 21.0 Å². The molecule has 2 aromatic heterocycles. The summed E-state index contributed by atoms with van der Waals surface area (Å²) in [5.41, 5.74) is 2.67. The number of nitrogens with one attached hydrogen (secondary N) is 3. The van der Waals surface area contributed by atoms with Gasteiger partial charge in [0, 0.05) is 29.4 Å². The fourth-order valence-electron chi connectivity index (χ4n) is 3.61. The highest BCUT2D eigenvalue weighted by Crippen LogP contribution is 2.42. The van der Waals surface area contributed by atoms with E-state index in [1.807, 2.05) is 0 Å². The van der Waals surface area contributed by atoms with Crippen molar-refractivity contribution in [2.75, 3.05) is 19.6 Å². The fourth-order valence-corrected chi connectivity index (χ4v) is 4.55. The Balaban J connectivity index is 1.91. The normalized spacial score (nSPS) is 19.5. The van der Waals surface area contributed by atoms with E-state index in [-0.39, 0.29) is 17.1 Å². The minimum atomic E-state index is -0.385. The fraction of sp³-hybridized carbons (Fsp3) is 0.375. The molecule has 0 bridgehead atoms. The molecule has 3 N–H and O–H groups in total. The van der Waals surface area contributed by atoms with Gasteiger partial charge in [0.2, 0.25) is 0 Å². The van der Waals surface area contributed by atoms with E-state index in [0.29, 0.717) is 23.4 Å².